The Bertz CT molecular complexity index is 327. The normalized spacial score (nSPS) is 19.6. The standard InChI is InChI=1S/C9H14N4O/c10-8(12-14)5-9(1-2-9)6-13-4-3-11-7-13/h3-4,7,14H,1-2,5-6H2,(H2,10,12). The van der Waals surface area contributed by atoms with Crippen LogP contribution >= 0.6 is 0 Å². The fraction of sp³-hybridized carbons (Fsp3) is 0.556. The molecule has 0 aliphatic heterocycles. The summed E-state index contributed by atoms with van der Waals surface area (Å²) in [6.45, 7) is 0.906. The highest BCUT2D eigenvalue weighted by atomic mass is 16.4. The van der Waals surface area contributed by atoms with E-state index in [1.165, 1.54) is 0 Å². The lowest BCUT2D eigenvalue weighted by atomic mass is 10.0. The fourth-order valence-electron chi connectivity index (χ4n) is 1.75. The Hall–Kier alpha value is -1.52. The molecule has 0 aromatic carbocycles. The summed E-state index contributed by atoms with van der Waals surface area (Å²) in [7, 11) is 0. The zero-order chi connectivity index (χ0) is 10.0. The van der Waals surface area contributed by atoms with E-state index in [0.717, 1.165) is 19.4 Å². The van der Waals surface area contributed by atoms with Crippen molar-refractivity contribution < 1.29 is 5.21 Å². The Morgan fingerprint density at radius 1 is 1.64 bits per heavy atom. The molecule has 5 nitrogen and oxygen atoms in total. The number of amidine groups is 1. The molecule has 76 valence electrons. The topological polar surface area (TPSA) is 76.4 Å². The largest absolute Gasteiger partial charge is 0.409 e. The van der Waals surface area contributed by atoms with E-state index >= 15 is 0 Å². The van der Waals surface area contributed by atoms with Crippen LogP contribution in [-0.4, -0.2) is 20.6 Å². The van der Waals surface area contributed by atoms with Crippen molar-refractivity contribution in [2.24, 2.45) is 16.3 Å². The molecule has 2 rings (SSSR count). The van der Waals surface area contributed by atoms with E-state index in [1.54, 1.807) is 12.5 Å². The van der Waals surface area contributed by atoms with Gasteiger partial charge in [-0.2, -0.15) is 0 Å². The second-order valence-electron chi connectivity index (χ2n) is 4.00. The molecule has 0 unspecified atom stereocenters. The molecule has 1 aromatic rings. The zero-order valence-electron chi connectivity index (χ0n) is 7.93. The first-order valence-electron chi connectivity index (χ1n) is 4.66. The number of imidazole rings is 1. The van der Waals surface area contributed by atoms with Crippen molar-refractivity contribution >= 4 is 5.84 Å². The van der Waals surface area contributed by atoms with Gasteiger partial charge in [0.25, 0.3) is 0 Å². The molecule has 1 fully saturated rings. The molecular formula is C9H14N4O. The van der Waals surface area contributed by atoms with E-state index in [0.29, 0.717) is 12.3 Å². The zero-order valence-corrected chi connectivity index (χ0v) is 7.93. The highest BCUT2D eigenvalue weighted by Crippen LogP contribution is 2.50. The maximum Gasteiger partial charge on any atom is 0.139 e. The predicted molar refractivity (Wildman–Crippen MR) is 51.9 cm³/mol. The van der Waals surface area contributed by atoms with Gasteiger partial charge in [0.15, 0.2) is 0 Å². The SMILES string of the molecule is NC(CC1(Cn2ccnc2)CC1)=NO. The van der Waals surface area contributed by atoms with Gasteiger partial charge in [-0.1, -0.05) is 5.16 Å². The van der Waals surface area contributed by atoms with Crippen LogP contribution in [0.4, 0.5) is 0 Å². The highest BCUT2D eigenvalue weighted by Gasteiger charge is 2.43. The molecule has 3 N–H and O–H groups in total. The Morgan fingerprint density at radius 3 is 2.93 bits per heavy atom. The molecule has 1 heterocycles. The van der Waals surface area contributed by atoms with E-state index in [4.69, 9.17) is 10.9 Å². The van der Waals surface area contributed by atoms with Crippen LogP contribution < -0.4 is 5.73 Å². The van der Waals surface area contributed by atoms with Crippen molar-refractivity contribution in [1.29, 1.82) is 0 Å². The summed E-state index contributed by atoms with van der Waals surface area (Å²) in [5.74, 6) is 0.322. The molecule has 0 spiro atoms. The summed E-state index contributed by atoms with van der Waals surface area (Å²) in [6, 6.07) is 0. The summed E-state index contributed by atoms with van der Waals surface area (Å²) < 4.78 is 2.04. The number of aromatic nitrogens is 2. The maximum atomic E-state index is 8.50. The van der Waals surface area contributed by atoms with Crippen LogP contribution in [0.2, 0.25) is 0 Å². The molecule has 0 bridgehead atoms. The molecule has 14 heavy (non-hydrogen) atoms. The molecule has 5 heteroatoms. The summed E-state index contributed by atoms with van der Waals surface area (Å²) >= 11 is 0. The maximum absolute atomic E-state index is 8.50. The quantitative estimate of drug-likeness (QED) is 0.322. The second-order valence-corrected chi connectivity index (χ2v) is 4.00. The van der Waals surface area contributed by atoms with Gasteiger partial charge in [-0.25, -0.2) is 4.98 Å². The molecule has 0 radical (unpaired) electrons. The van der Waals surface area contributed by atoms with E-state index in [-0.39, 0.29) is 5.41 Å². The Kier molecular flexibility index (Phi) is 2.15. The number of nitrogens with zero attached hydrogens (tertiary/aromatic N) is 3. The Morgan fingerprint density at radius 2 is 2.43 bits per heavy atom. The van der Waals surface area contributed by atoms with Crippen molar-refractivity contribution in [3.8, 4) is 0 Å². The average Bonchev–Trinajstić information content (AvgIpc) is 2.72. The van der Waals surface area contributed by atoms with Gasteiger partial charge in [-0.15, -0.1) is 0 Å². The van der Waals surface area contributed by atoms with Gasteiger partial charge >= 0.3 is 0 Å². The van der Waals surface area contributed by atoms with Crippen molar-refractivity contribution in [3.63, 3.8) is 0 Å². The first kappa shape index (κ1) is 9.05. The van der Waals surface area contributed by atoms with Gasteiger partial charge < -0.3 is 15.5 Å². The van der Waals surface area contributed by atoms with Gasteiger partial charge in [0.2, 0.25) is 0 Å². The minimum absolute atomic E-state index is 0.205. The molecule has 0 atom stereocenters. The van der Waals surface area contributed by atoms with Crippen LogP contribution in [0.3, 0.4) is 0 Å². The van der Waals surface area contributed by atoms with Crippen LogP contribution in [0.15, 0.2) is 23.9 Å². The van der Waals surface area contributed by atoms with Gasteiger partial charge in [0.05, 0.1) is 6.33 Å². The lowest BCUT2D eigenvalue weighted by Gasteiger charge is -2.14. The summed E-state index contributed by atoms with van der Waals surface area (Å²) in [5.41, 5.74) is 5.71. The molecule has 0 amide bonds. The Labute approximate surface area is 82.2 Å². The van der Waals surface area contributed by atoms with Crippen molar-refractivity contribution in [1.82, 2.24) is 9.55 Å². The monoisotopic (exact) mass is 194 g/mol. The first-order valence-corrected chi connectivity index (χ1v) is 4.66. The molecule has 1 saturated carbocycles. The fourth-order valence-corrected chi connectivity index (χ4v) is 1.75. The van der Waals surface area contributed by atoms with E-state index < -0.39 is 0 Å². The van der Waals surface area contributed by atoms with Crippen LogP contribution in [0.1, 0.15) is 19.3 Å². The number of rotatable bonds is 4. The molecule has 1 aliphatic carbocycles. The predicted octanol–water partition coefficient (Wildman–Crippen LogP) is 0.800. The van der Waals surface area contributed by atoms with E-state index in [9.17, 15) is 0 Å². The third-order valence-corrected chi connectivity index (χ3v) is 2.72. The van der Waals surface area contributed by atoms with Crippen molar-refractivity contribution in [2.45, 2.75) is 25.8 Å². The number of hydrogen-bond acceptors (Lipinski definition) is 3. The number of nitrogens with two attached hydrogens (primary N) is 1. The van der Waals surface area contributed by atoms with E-state index in [2.05, 4.69) is 10.1 Å². The lowest BCUT2D eigenvalue weighted by Crippen LogP contribution is -2.21. The van der Waals surface area contributed by atoms with Crippen molar-refractivity contribution in [3.05, 3.63) is 18.7 Å². The Balaban J connectivity index is 1.97. The van der Waals surface area contributed by atoms with Gasteiger partial charge in [-0.05, 0) is 18.3 Å². The summed E-state index contributed by atoms with van der Waals surface area (Å²) in [6.07, 6.45) is 8.45. The first-order chi connectivity index (χ1) is 6.74. The number of oxime groups is 1. The molecule has 0 saturated heterocycles. The summed E-state index contributed by atoms with van der Waals surface area (Å²) in [4.78, 5) is 3.99. The van der Waals surface area contributed by atoms with Crippen LogP contribution in [-0.2, 0) is 6.54 Å². The smallest absolute Gasteiger partial charge is 0.139 e. The van der Waals surface area contributed by atoms with Crippen molar-refractivity contribution in [2.75, 3.05) is 0 Å². The van der Waals surface area contributed by atoms with Gasteiger partial charge in [0.1, 0.15) is 5.84 Å². The second kappa shape index (κ2) is 3.32. The number of hydrogen-bond donors (Lipinski definition) is 2. The van der Waals surface area contributed by atoms with Gasteiger partial charge in [-0.3, -0.25) is 0 Å². The van der Waals surface area contributed by atoms with Crippen LogP contribution in [0.5, 0.6) is 0 Å². The lowest BCUT2D eigenvalue weighted by molar-refractivity contribution is 0.313. The minimum Gasteiger partial charge on any atom is -0.409 e. The van der Waals surface area contributed by atoms with Crippen LogP contribution in [0, 0.1) is 5.41 Å². The average molecular weight is 194 g/mol. The van der Waals surface area contributed by atoms with Gasteiger partial charge in [0, 0.05) is 25.4 Å². The molecular weight excluding hydrogens is 180 g/mol. The third kappa shape index (κ3) is 1.86. The molecule has 1 aliphatic rings. The van der Waals surface area contributed by atoms with Crippen LogP contribution in [0.25, 0.3) is 0 Å². The highest BCUT2D eigenvalue weighted by molar-refractivity contribution is 5.80. The van der Waals surface area contributed by atoms with E-state index in [1.807, 2.05) is 10.8 Å². The minimum atomic E-state index is 0.205. The third-order valence-electron chi connectivity index (χ3n) is 2.72. The molecule has 1 aromatic heterocycles. The summed E-state index contributed by atoms with van der Waals surface area (Å²) in [5, 5.41) is 11.5.